The number of hydrogen-bond acceptors (Lipinski definition) is 1. The summed E-state index contributed by atoms with van der Waals surface area (Å²) in [6.07, 6.45) is 75.1. The second-order valence-corrected chi connectivity index (χ2v) is 7.63. The van der Waals surface area contributed by atoms with Gasteiger partial charge < -0.3 is 4.74 Å². The highest BCUT2D eigenvalue weighted by atomic mass is 16.5. The van der Waals surface area contributed by atoms with E-state index in [1.165, 1.54) is 0 Å². The van der Waals surface area contributed by atoms with Crippen molar-refractivity contribution in [1.82, 2.24) is 0 Å². The molecule has 1 aliphatic heterocycles. The lowest BCUT2D eigenvalue weighted by atomic mass is 10.3. The molecule has 1 aliphatic rings. The summed E-state index contributed by atoms with van der Waals surface area (Å²) in [6.45, 7) is 0.528. The molecule has 0 N–H and O–H groups in total. The Morgan fingerprint density at radius 1 is 0.200 bits per heavy atom. The van der Waals surface area contributed by atoms with Crippen LogP contribution in [-0.2, 0) is 4.74 Å². The van der Waals surface area contributed by atoms with Gasteiger partial charge in [0.2, 0.25) is 0 Å². The summed E-state index contributed by atoms with van der Waals surface area (Å²) >= 11 is 0. The molecular weight excluding hydrogens is 484 g/mol. The van der Waals surface area contributed by atoms with E-state index >= 15 is 0 Å². The maximum absolute atomic E-state index is 5.42. The van der Waals surface area contributed by atoms with Crippen LogP contribution < -0.4 is 0 Å². The molecule has 40 heavy (non-hydrogen) atoms. The topological polar surface area (TPSA) is 9.23 Å². The van der Waals surface area contributed by atoms with Gasteiger partial charge in [0.25, 0.3) is 0 Å². The molecule has 0 spiro atoms. The summed E-state index contributed by atoms with van der Waals surface area (Å²) in [5.74, 6) is 0. The average molecular weight is 525 g/mol. The Labute approximate surface area is 242 Å². The quantitative estimate of drug-likeness (QED) is 0.306. The molecule has 1 nitrogen and oxygen atoms in total. The number of ether oxygens (including phenoxy) is 1. The van der Waals surface area contributed by atoms with E-state index in [1.807, 2.05) is 225 Å². The molecule has 202 valence electrons. The van der Waals surface area contributed by atoms with Gasteiger partial charge in [0, 0.05) is 0 Å². The van der Waals surface area contributed by atoms with Crippen LogP contribution in [0.5, 0.6) is 0 Å². The molecule has 0 bridgehead atoms. The van der Waals surface area contributed by atoms with Crippen LogP contribution in [0, 0.1) is 0 Å². The maximum Gasteiger partial charge on any atom is 0.106 e. The first kappa shape index (κ1) is 32.9. The van der Waals surface area contributed by atoms with Crippen molar-refractivity contribution in [3.05, 3.63) is 231 Å². The van der Waals surface area contributed by atoms with E-state index in [-0.39, 0.29) is 0 Å². The van der Waals surface area contributed by atoms with Gasteiger partial charge in [0.1, 0.15) is 6.61 Å². The van der Waals surface area contributed by atoms with E-state index in [9.17, 15) is 0 Å². The van der Waals surface area contributed by atoms with E-state index in [1.54, 1.807) is 6.26 Å². The van der Waals surface area contributed by atoms with E-state index < -0.39 is 0 Å². The molecule has 0 aromatic rings. The van der Waals surface area contributed by atoms with Crippen molar-refractivity contribution in [1.29, 1.82) is 0 Å². The Morgan fingerprint density at radius 3 is 0.600 bits per heavy atom. The smallest absolute Gasteiger partial charge is 0.106 e. The standard InChI is InChI=1S/C39H40O/c1-2-4-6-8-10-12-14-16-18-20-22-24-26-28-30-32-34-36-38-40-39-37-35-33-31-29-27-25-23-21-19-17-15-13-11-9-7-5-3-1/h1-38H,39H2. The van der Waals surface area contributed by atoms with Crippen LogP contribution in [0.25, 0.3) is 0 Å². The van der Waals surface area contributed by atoms with Gasteiger partial charge in [-0.3, -0.25) is 0 Å². The minimum atomic E-state index is 0.528. The van der Waals surface area contributed by atoms with E-state index in [2.05, 4.69) is 0 Å². The second-order valence-electron chi connectivity index (χ2n) is 7.63. The molecule has 0 saturated carbocycles. The molecule has 0 aliphatic carbocycles. The van der Waals surface area contributed by atoms with Gasteiger partial charge in [-0.05, 0) is 12.2 Å². The van der Waals surface area contributed by atoms with Crippen molar-refractivity contribution in [2.24, 2.45) is 0 Å². The molecule has 0 radical (unpaired) electrons. The van der Waals surface area contributed by atoms with Crippen molar-refractivity contribution < 1.29 is 4.74 Å². The van der Waals surface area contributed by atoms with Crippen LogP contribution in [0.3, 0.4) is 0 Å². The van der Waals surface area contributed by atoms with Crippen molar-refractivity contribution in [2.75, 3.05) is 6.61 Å². The zero-order valence-corrected chi connectivity index (χ0v) is 23.1. The molecule has 0 saturated heterocycles. The fourth-order valence-electron chi connectivity index (χ4n) is 2.53. The van der Waals surface area contributed by atoms with E-state index in [0.717, 1.165) is 0 Å². The summed E-state index contributed by atoms with van der Waals surface area (Å²) in [5.41, 5.74) is 0. The van der Waals surface area contributed by atoms with Crippen molar-refractivity contribution in [3.8, 4) is 0 Å². The van der Waals surface area contributed by atoms with Crippen LogP contribution in [0.15, 0.2) is 231 Å². The third-order valence-electron chi connectivity index (χ3n) is 4.39. The molecule has 0 unspecified atom stereocenters. The predicted molar refractivity (Wildman–Crippen MR) is 180 cm³/mol. The Bertz CT molecular complexity index is 1120. The fraction of sp³-hybridized carbons (Fsp3) is 0.0256. The van der Waals surface area contributed by atoms with Gasteiger partial charge in [0.05, 0.1) is 6.26 Å². The predicted octanol–water partition coefficient (Wildman–Crippen LogP) is 10.5. The maximum atomic E-state index is 5.42. The Kier molecular flexibility index (Phi) is 24.7. The zero-order valence-electron chi connectivity index (χ0n) is 23.1. The number of hydrogen-bond donors (Lipinski definition) is 0. The summed E-state index contributed by atoms with van der Waals surface area (Å²) in [4.78, 5) is 0. The van der Waals surface area contributed by atoms with Gasteiger partial charge in [-0.15, -0.1) is 0 Å². The molecule has 1 heterocycles. The molecule has 0 atom stereocenters. The first-order valence-corrected chi connectivity index (χ1v) is 13.3. The van der Waals surface area contributed by atoms with Crippen molar-refractivity contribution in [3.63, 3.8) is 0 Å². The summed E-state index contributed by atoms with van der Waals surface area (Å²) < 4.78 is 5.42. The highest BCUT2D eigenvalue weighted by molar-refractivity contribution is 5.25. The highest BCUT2D eigenvalue weighted by Crippen LogP contribution is 1.90. The van der Waals surface area contributed by atoms with Gasteiger partial charge in [-0.1, -0.05) is 213 Å². The van der Waals surface area contributed by atoms with Gasteiger partial charge in [-0.25, -0.2) is 0 Å². The van der Waals surface area contributed by atoms with Crippen LogP contribution >= 0.6 is 0 Å². The van der Waals surface area contributed by atoms with Crippen LogP contribution in [0.4, 0.5) is 0 Å². The van der Waals surface area contributed by atoms with E-state index in [0.29, 0.717) is 6.61 Å². The highest BCUT2D eigenvalue weighted by Gasteiger charge is 1.72. The van der Waals surface area contributed by atoms with Crippen molar-refractivity contribution >= 4 is 0 Å². The number of rotatable bonds is 0. The molecule has 0 aromatic heterocycles. The minimum absolute atomic E-state index is 0.528. The summed E-state index contributed by atoms with van der Waals surface area (Å²) in [6, 6.07) is 0. The van der Waals surface area contributed by atoms with E-state index in [4.69, 9.17) is 4.74 Å². The fourth-order valence-corrected chi connectivity index (χ4v) is 2.53. The monoisotopic (exact) mass is 524 g/mol. The molecule has 0 aromatic carbocycles. The summed E-state index contributed by atoms with van der Waals surface area (Å²) in [7, 11) is 0. The third-order valence-corrected chi connectivity index (χ3v) is 4.39. The van der Waals surface area contributed by atoms with Gasteiger partial charge in [0.15, 0.2) is 0 Å². The largest absolute Gasteiger partial charge is 0.497 e. The Hall–Kier alpha value is -5.14. The average Bonchev–Trinajstić information content (AvgIpc) is 2.97. The third kappa shape index (κ3) is 27.4. The first-order chi connectivity index (χ1) is 20.0. The second kappa shape index (κ2) is 30.1. The zero-order chi connectivity index (χ0) is 28.3. The number of allylic oxidation sites excluding steroid dienone is 36. The lowest BCUT2D eigenvalue weighted by Gasteiger charge is -1.90. The normalized spacial score (nSPS) is 16.2. The molecular formula is C39H40O. The lowest BCUT2D eigenvalue weighted by molar-refractivity contribution is 0.290. The minimum Gasteiger partial charge on any atom is -0.497 e. The van der Waals surface area contributed by atoms with Crippen LogP contribution in [-0.4, -0.2) is 6.61 Å². The lowest BCUT2D eigenvalue weighted by Crippen LogP contribution is -1.78. The SMILES string of the molecule is C1=CC=CC=CC=CC=CC=CC=CC=CC=CC=COCC=CC=CC=CC=CC=CC=CC=CC=CC=C1. The first-order valence-electron chi connectivity index (χ1n) is 13.3. The van der Waals surface area contributed by atoms with Gasteiger partial charge in [-0.2, -0.15) is 0 Å². The molecule has 0 fully saturated rings. The van der Waals surface area contributed by atoms with Crippen LogP contribution in [0.2, 0.25) is 0 Å². The summed E-state index contributed by atoms with van der Waals surface area (Å²) in [5, 5.41) is 0. The van der Waals surface area contributed by atoms with Gasteiger partial charge >= 0.3 is 0 Å². The molecule has 1 rings (SSSR count). The Morgan fingerprint density at radius 2 is 0.375 bits per heavy atom. The molecule has 0 amide bonds. The Balaban J connectivity index is 2.63. The van der Waals surface area contributed by atoms with Crippen LogP contribution in [0.1, 0.15) is 0 Å². The molecule has 1 heteroatoms. The van der Waals surface area contributed by atoms with Crippen molar-refractivity contribution in [2.45, 2.75) is 0 Å².